The van der Waals surface area contributed by atoms with Crippen LogP contribution in [-0.2, 0) is 14.3 Å². The van der Waals surface area contributed by atoms with E-state index in [1.54, 1.807) is 18.5 Å². The molecule has 0 aliphatic carbocycles. The molecule has 0 atom stereocenters. The van der Waals surface area contributed by atoms with Crippen LogP contribution in [0.15, 0.2) is 40.2 Å². The van der Waals surface area contributed by atoms with E-state index in [1.165, 1.54) is 0 Å². The van der Waals surface area contributed by atoms with Crippen LogP contribution in [0, 0.1) is 0 Å². The lowest BCUT2D eigenvalue weighted by Gasteiger charge is -2.28. The first-order valence-electron chi connectivity index (χ1n) is 5.74. The number of rotatable bonds is 3. The molecule has 0 bridgehead atoms. The molecule has 0 aromatic carbocycles. The first-order chi connectivity index (χ1) is 9.15. The number of ketones is 1. The van der Waals surface area contributed by atoms with Crippen molar-refractivity contribution >= 4 is 18.0 Å². The molecule has 0 unspecified atom stereocenters. The molecule has 0 radical (unpaired) electrons. The summed E-state index contributed by atoms with van der Waals surface area (Å²) in [5.74, 6) is 0.0557. The number of hydrogen-bond acceptors (Lipinski definition) is 6. The van der Waals surface area contributed by atoms with Crippen molar-refractivity contribution in [1.82, 2.24) is 10.2 Å². The number of carbonyl (C=O) groups excluding carboxylic acids is 1. The van der Waals surface area contributed by atoms with Gasteiger partial charge in [0.1, 0.15) is 11.5 Å². The van der Waals surface area contributed by atoms with E-state index >= 15 is 0 Å². The maximum Gasteiger partial charge on any atom is 0.341 e. The van der Waals surface area contributed by atoms with Crippen LogP contribution in [0.1, 0.15) is 6.42 Å². The van der Waals surface area contributed by atoms with Crippen molar-refractivity contribution in [2.45, 2.75) is 6.42 Å². The van der Waals surface area contributed by atoms with Crippen LogP contribution in [0.4, 0.5) is 0 Å². The van der Waals surface area contributed by atoms with Gasteiger partial charge in [0.25, 0.3) is 0 Å². The molecule has 2 N–H and O–H groups in total. The Hall–Kier alpha value is -2.57. The van der Waals surface area contributed by atoms with Gasteiger partial charge in [0, 0.05) is 24.9 Å². The van der Waals surface area contributed by atoms with E-state index in [-0.39, 0.29) is 12.4 Å². The van der Waals surface area contributed by atoms with Gasteiger partial charge in [0.2, 0.25) is 0 Å². The van der Waals surface area contributed by atoms with Crippen LogP contribution in [0.25, 0.3) is 0 Å². The van der Waals surface area contributed by atoms with Gasteiger partial charge in [-0.2, -0.15) is 0 Å². The fourth-order valence-corrected chi connectivity index (χ4v) is 2.10. The predicted molar refractivity (Wildman–Crippen MR) is 64.7 cm³/mol. The van der Waals surface area contributed by atoms with E-state index in [0.717, 1.165) is 5.70 Å². The first kappa shape index (κ1) is 11.5. The molecule has 7 nitrogen and oxygen atoms in total. The van der Waals surface area contributed by atoms with Crippen molar-refractivity contribution in [3.05, 3.63) is 35.3 Å². The number of ether oxygens (including phenoxy) is 1. The summed E-state index contributed by atoms with van der Waals surface area (Å²) in [5.41, 5.74) is 1.27. The predicted octanol–water partition coefficient (Wildman–Crippen LogP) is -0.0556. The van der Waals surface area contributed by atoms with Gasteiger partial charge in [-0.1, -0.05) is 0 Å². The highest BCUT2D eigenvalue weighted by Gasteiger charge is 2.31. The van der Waals surface area contributed by atoms with E-state index in [9.17, 15) is 9.59 Å². The van der Waals surface area contributed by atoms with Gasteiger partial charge in [-0.15, -0.1) is 0 Å². The Morgan fingerprint density at radius 3 is 3.21 bits per heavy atom. The molecule has 3 rings (SSSR count). The average Bonchev–Trinajstić information content (AvgIpc) is 2.80. The van der Waals surface area contributed by atoms with Crippen molar-refractivity contribution in [3.63, 3.8) is 0 Å². The molecule has 3 heterocycles. The number of allylic oxidation sites excluding steroid dienone is 2. The molecule has 0 saturated carbocycles. The summed E-state index contributed by atoms with van der Waals surface area (Å²) in [7, 11) is 0. The summed E-state index contributed by atoms with van der Waals surface area (Å²) in [6, 6.07) is 0. The normalized spacial score (nSPS) is 20.4. The maximum absolute atomic E-state index is 11.7. The summed E-state index contributed by atoms with van der Waals surface area (Å²) in [5, 5.41) is 11.5. The third-order valence-corrected chi connectivity index (χ3v) is 2.93. The highest BCUT2D eigenvalue weighted by molar-refractivity contribution is 6.05. The standard InChI is InChI=1S/C12H11N3O4/c16-9-1-2-13-12-11(9)14-4-7-3-8(5-15(7)12)19-6-10(17)18/h2-4,14H,1,5-6H2,(H,17,18). The fourth-order valence-electron chi connectivity index (χ4n) is 2.10. The van der Waals surface area contributed by atoms with Gasteiger partial charge in [-0.05, 0) is 0 Å². The third-order valence-electron chi connectivity index (χ3n) is 2.93. The smallest absolute Gasteiger partial charge is 0.341 e. The number of fused-ring (bicyclic) bond motifs is 2. The summed E-state index contributed by atoms with van der Waals surface area (Å²) in [6.45, 7) is -0.00126. The minimum Gasteiger partial charge on any atom is -0.484 e. The van der Waals surface area contributed by atoms with Crippen molar-refractivity contribution in [1.29, 1.82) is 0 Å². The number of nitrogens with zero attached hydrogens (tertiary/aromatic N) is 2. The topological polar surface area (TPSA) is 91.2 Å². The van der Waals surface area contributed by atoms with E-state index in [4.69, 9.17) is 9.84 Å². The number of nitrogens with one attached hydrogen (secondary N) is 1. The Morgan fingerprint density at radius 2 is 2.42 bits per heavy atom. The van der Waals surface area contributed by atoms with Crippen molar-refractivity contribution in [2.24, 2.45) is 4.99 Å². The lowest BCUT2D eigenvalue weighted by molar-refractivity contribution is -0.140. The van der Waals surface area contributed by atoms with Crippen molar-refractivity contribution in [3.8, 4) is 0 Å². The monoisotopic (exact) mass is 261 g/mol. The number of Topliss-reactive ketones (excluding diaryl/α,β-unsaturated/α-hetero) is 1. The van der Waals surface area contributed by atoms with Gasteiger partial charge in [-0.3, -0.25) is 4.79 Å². The summed E-state index contributed by atoms with van der Waals surface area (Å²) >= 11 is 0. The minimum absolute atomic E-state index is 0.0137. The number of carboxylic acid groups (broad SMARTS) is 1. The Bertz CT molecular complexity index is 586. The molecule has 0 aromatic rings. The second kappa shape index (κ2) is 4.27. The van der Waals surface area contributed by atoms with E-state index in [2.05, 4.69) is 10.3 Å². The molecular weight excluding hydrogens is 250 g/mol. The van der Waals surface area contributed by atoms with Crippen LogP contribution >= 0.6 is 0 Å². The zero-order valence-electron chi connectivity index (χ0n) is 9.92. The van der Waals surface area contributed by atoms with Gasteiger partial charge in [0.15, 0.2) is 18.2 Å². The van der Waals surface area contributed by atoms with E-state index in [0.29, 0.717) is 30.2 Å². The molecule has 7 heteroatoms. The van der Waals surface area contributed by atoms with Crippen LogP contribution < -0.4 is 5.32 Å². The molecule has 19 heavy (non-hydrogen) atoms. The summed E-state index contributed by atoms with van der Waals surface area (Å²) in [4.78, 5) is 28.2. The van der Waals surface area contributed by atoms with E-state index < -0.39 is 5.97 Å². The molecule has 0 aromatic heterocycles. The zero-order valence-corrected chi connectivity index (χ0v) is 9.92. The molecule has 3 aliphatic rings. The number of carbonyl (C=O) groups is 2. The average molecular weight is 261 g/mol. The summed E-state index contributed by atoms with van der Waals surface area (Å²) < 4.78 is 5.15. The number of aliphatic imine (C=N–C) groups is 1. The molecular formula is C12H11N3O4. The Labute approximate surface area is 108 Å². The second-order valence-corrected chi connectivity index (χ2v) is 4.23. The Morgan fingerprint density at radius 1 is 1.58 bits per heavy atom. The van der Waals surface area contributed by atoms with Gasteiger partial charge in [-0.25, -0.2) is 9.79 Å². The third kappa shape index (κ3) is 1.99. The highest BCUT2D eigenvalue weighted by Crippen LogP contribution is 2.31. The maximum atomic E-state index is 11.7. The second-order valence-electron chi connectivity index (χ2n) is 4.23. The quantitative estimate of drug-likeness (QED) is 0.739. The van der Waals surface area contributed by atoms with E-state index in [1.807, 2.05) is 4.90 Å². The SMILES string of the molecule is O=C(O)COC1=CC2=CNC3=C(N=CCC3=O)N2C1. The zero-order chi connectivity index (χ0) is 13.4. The van der Waals surface area contributed by atoms with Gasteiger partial charge >= 0.3 is 5.97 Å². The first-order valence-corrected chi connectivity index (χ1v) is 5.74. The Balaban J connectivity index is 1.80. The molecule has 0 saturated heterocycles. The van der Waals surface area contributed by atoms with Gasteiger partial charge < -0.3 is 20.1 Å². The molecule has 0 fully saturated rings. The molecule has 3 aliphatic heterocycles. The van der Waals surface area contributed by atoms with Crippen LogP contribution in [0.2, 0.25) is 0 Å². The van der Waals surface area contributed by atoms with Gasteiger partial charge in [0.05, 0.1) is 12.2 Å². The highest BCUT2D eigenvalue weighted by atomic mass is 16.5. The minimum atomic E-state index is -1.02. The summed E-state index contributed by atoms with van der Waals surface area (Å²) in [6.07, 6.45) is 5.28. The lowest BCUT2D eigenvalue weighted by Crippen LogP contribution is -2.33. The lowest BCUT2D eigenvalue weighted by atomic mass is 10.1. The van der Waals surface area contributed by atoms with Crippen molar-refractivity contribution in [2.75, 3.05) is 13.2 Å². The largest absolute Gasteiger partial charge is 0.484 e. The molecule has 98 valence electrons. The molecule has 0 amide bonds. The Kier molecular flexibility index (Phi) is 2.59. The molecule has 0 spiro atoms. The fraction of sp³-hybridized carbons (Fsp3) is 0.250. The number of carboxylic acids is 1. The van der Waals surface area contributed by atoms with Crippen molar-refractivity contribution < 1.29 is 19.4 Å². The van der Waals surface area contributed by atoms with Crippen LogP contribution in [0.3, 0.4) is 0 Å². The van der Waals surface area contributed by atoms with Crippen LogP contribution in [0.5, 0.6) is 0 Å². The van der Waals surface area contributed by atoms with Crippen LogP contribution in [-0.4, -0.2) is 41.1 Å². The number of hydrogen-bond donors (Lipinski definition) is 2. The number of aliphatic carboxylic acids is 1.